The molecule has 0 aliphatic carbocycles. The molecule has 0 unspecified atom stereocenters. The number of alkyl halides is 1. The Morgan fingerprint density at radius 3 is 3.00 bits per heavy atom. The Bertz CT molecular complexity index is 494. The Balaban J connectivity index is 2.63. The molecule has 0 radical (unpaired) electrons. The minimum atomic E-state index is -0.450. The number of nitro benzene ring substituents is 1. The van der Waals surface area contributed by atoms with Crippen LogP contribution in [-0.2, 0) is 5.88 Å². The van der Waals surface area contributed by atoms with Crippen LogP contribution >= 0.6 is 11.6 Å². The topological polar surface area (TPSA) is 71.8 Å². The molecular formula is C8H6ClN3O2. The summed E-state index contributed by atoms with van der Waals surface area (Å²) in [5.74, 6) is 0.314. The van der Waals surface area contributed by atoms with E-state index in [4.69, 9.17) is 11.6 Å². The summed E-state index contributed by atoms with van der Waals surface area (Å²) in [4.78, 5) is 10.0. The highest BCUT2D eigenvalue weighted by molar-refractivity contribution is 6.17. The summed E-state index contributed by atoms with van der Waals surface area (Å²) in [6, 6.07) is 4.50. The van der Waals surface area contributed by atoms with Crippen molar-refractivity contribution in [3.63, 3.8) is 0 Å². The Labute approximate surface area is 83.8 Å². The first-order valence-corrected chi connectivity index (χ1v) is 4.43. The van der Waals surface area contributed by atoms with Gasteiger partial charge in [0.25, 0.3) is 5.69 Å². The number of non-ortho nitro benzene ring substituents is 1. The molecule has 1 N–H and O–H groups in total. The number of nitrogens with zero attached hydrogens (tertiary/aromatic N) is 2. The van der Waals surface area contributed by atoms with Crippen molar-refractivity contribution >= 4 is 28.2 Å². The van der Waals surface area contributed by atoms with Gasteiger partial charge in [0.15, 0.2) is 0 Å². The predicted octanol–water partition coefficient (Wildman–Crippen LogP) is 2.21. The number of rotatable bonds is 2. The van der Waals surface area contributed by atoms with Crippen molar-refractivity contribution in [1.82, 2.24) is 10.2 Å². The Hall–Kier alpha value is -1.62. The lowest BCUT2D eigenvalue weighted by atomic mass is 10.2. The minimum Gasteiger partial charge on any atom is -0.280 e. The highest BCUT2D eigenvalue weighted by Gasteiger charge is 2.10. The highest BCUT2D eigenvalue weighted by Crippen LogP contribution is 2.22. The standard InChI is InChI=1S/C8H6ClN3O2/c9-4-8-6-2-1-5(12(13)14)3-7(6)10-11-8/h1-3H,4H2,(H,10,11). The molecule has 2 rings (SSSR count). The van der Waals surface area contributed by atoms with Crippen LogP contribution in [0.1, 0.15) is 5.69 Å². The molecule has 1 heterocycles. The average Bonchev–Trinajstić information content (AvgIpc) is 2.59. The van der Waals surface area contributed by atoms with Crippen LogP contribution in [0.2, 0.25) is 0 Å². The SMILES string of the molecule is O=[N+]([O-])c1ccc2c(CCl)[nH]nc2c1. The fourth-order valence-corrected chi connectivity index (χ4v) is 1.47. The van der Waals surface area contributed by atoms with E-state index in [1.807, 2.05) is 0 Å². The Kier molecular flexibility index (Phi) is 2.09. The number of benzene rings is 1. The second kappa shape index (κ2) is 3.26. The van der Waals surface area contributed by atoms with Crippen LogP contribution < -0.4 is 0 Å². The number of hydrogen-bond acceptors (Lipinski definition) is 3. The van der Waals surface area contributed by atoms with E-state index >= 15 is 0 Å². The second-order valence-electron chi connectivity index (χ2n) is 2.79. The first-order chi connectivity index (χ1) is 6.72. The van der Waals surface area contributed by atoms with Crippen LogP contribution in [0.5, 0.6) is 0 Å². The largest absolute Gasteiger partial charge is 0.280 e. The summed E-state index contributed by atoms with van der Waals surface area (Å²) >= 11 is 5.64. The molecule has 1 aromatic carbocycles. The highest BCUT2D eigenvalue weighted by atomic mass is 35.5. The van der Waals surface area contributed by atoms with Gasteiger partial charge in [-0.05, 0) is 6.07 Å². The van der Waals surface area contributed by atoms with Gasteiger partial charge in [0.05, 0.1) is 22.0 Å². The molecule has 0 fully saturated rings. The average molecular weight is 212 g/mol. The van der Waals surface area contributed by atoms with Gasteiger partial charge < -0.3 is 0 Å². The van der Waals surface area contributed by atoms with Crippen molar-refractivity contribution in [2.24, 2.45) is 0 Å². The van der Waals surface area contributed by atoms with Crippen LogP contribution in [0.4, 0.5) is 5.69 Å². The molecule has 1 aromatic heterocycles. The van der Waals surface area contributed by atoms with E-state index < -0.39 is 4.92 Å². The molecule has 0 bridgehead atoms. The molecule has 0 aliphatic rings. The summed E-state index contributed by atoms with van der Waals surface area (Å²) < 4.78 is 0. The van der Waals surface area contributed by atoms with Crippen molar-refractivity contribution in [1.29, 1.82) is 0 Å². The fourth-order valence-electron chi connectivity index (χ4n) is 1.27. The lowest BCUT2D eigenvalue weighted by Gasteiger charge is -1.91. The van der Waals surface area contributed by atoms with E-state index in [-0.39, 0.29) is 5.69 Å². The number of nitrogens with one attached hydrogen (secondary N) is 1. The lowest BCUT2D eigenvalue weighted by Crippen LogP contribution is -1.86. The molecular weight excluding hydrogens is 206 g/mol. The maximum atomic E-state index is 10.5. The summed E-state index contributed by atoms with van der Waals surface area (Å²) in [6.07, 6.45) is 0. The molecule has 0 saturated carbocycles. The molecule has 0 amide bonds. The van der Waals surface area contributed by atoms with Gasteiger partial charge in [-0.3, -0.25) is 15.2 Å². The Morgan fingerprint density at radius 1 is 1.57 bits per heavy atom. The van der Waals surface area contributed by atoms with Crippen LogP contribution in [-0.4, -0.2) is 15.1 Å². The number of halogens is 1. The van der Waals surface area contributed by atoms with Crippen LogP contribution in [0.3, 0.4) is 0 Å². The van der Waals surface area contributed by atoms with Crippen molar-refractivity contribution in [3.05, 3.63) is 34.0 Å². The van der Waals surface area contributed by atoms with Crippen molar-refractivity contribution < 1.29 is 4.92 Å². The summed E-state index contributed by atoms with van der Waals surface area (Å²) in [6.45, 7) is 0. The summed E-state index contributed by atoms with van der Waals surface area (Å²) in [5.41, 5.74) is 1.37. The second-order valence-corrected chi connectivity index (χ2v) is 3.06. The Morgan fingerprint density at radius 2 is 2.36 bits per heavy atom. The maximum absolute atomic E-state index is 10.5. The molecule has 0 saturated heterocycles. The predicted molar refractivity (Wildman–Crippen MR) is 52.3 cm³/mol. The number of fused-ring (bicyclic) bond motifs is 1. The van der Waals surface area contributed by atoms with Crippen molar-refractivity contribution in [2.75, 3.05) is 0 Å². The normalized spacial score (nSPS) is 10.6. The summed E-state index contributed by atoms with van der Waals surface area (Å²) in [5, 5.41) is 17.9. The smallest absolute Gasteiger partial charge is 0.271 e. The minimum absolute atomic E-state index is 0.0325. The lowest BCUT2D eigenvalue weighted by molar-refractivity contribution is -0.384. The maximum Gasteiger partial charge on any atom is 0.271 e. The molecule has 0 spiro atoms. The molecule has 6 heteroatoms. The third-order valence-electron chi connectivity index (χ3n) is 1.96. The first-order valence-electron chi connectivity index (χ1n) is 3.89. The van der Waals surface area contributed by atoms with Gasteiger partial charge in [0, 0.05) is 17.5 Å². The quantitative estimate of drug-likeness (QED) is 0.470. The summed E-state index contributed by atoms with van der Waals surface area (Å²) in [7, 11) is 0. The van der Waals surface area contributed by atoms with E-state index in [1.165, 1.54) is 12.1 Å². The number of nitro groups is 1. The van der Waals surface area contributed by atoms with E-state index in [9.17, 15) is 10.1 Å². The van der Waals surface area contributed by atoms with Gasteiger partial charge >= 0.3 is 0 Å². The molecule has 14 heavy (non-hydrogen) atoms. The van der Waals surface area contributed by atoms with Gasteiger partial charge in [-0.2, -0.15) is 5.10 Å². The molecule has 72 valence electrons. The van der Waals surface area contributed by atoms with Crippen molar-refractivity contribution in [3.8, 4) is 0 Å². The fraction of sp³-hybridized carbons (Fsp3) is 0.125. The molecule has 5 nitrogen and oxygen atoms in total. The zero-order chi connectivity index (χ0) is 10.1. The molecule has 2 aromatic rings. The molecule has 0 aliphatic heterocycles. The van der Waals surface area contributed by atoms with E-state index in [0.717, 1.165) is 11.1 Å². The third-order valence-corrected chi connectivity index (χ3v) is 2.23. The van der Waals surface area contributed by atoms with E-state index in [0.29, 0.717) is 11.4 Å². The van der Waals surface area contributed by atoms with Crippen molar-refractivity contribution in [2.45, 2.75) is 5.88 Å². The zero-order valence-corrected chi connectivity index (χ0v) is 7.78. The first kappa shape index (κ1) is 8.96. The number of H-pyrrole nitrogens is 1. The third kappa shape index (κ3) is 1.31. The molecule has 0 atom stereocenters. The van der Waals surface area contributed by atoms with Gasteiger partial charge in [-0.1, -0.05) is 0 Å². The van der Waals surface area contributed by atoms with Gasteiger partial charge in [0.1, 0.15) is 0 Å². The van der Waals surface area contributed by atoms with Crippen LogP contribution in [0.15, 0.2) is 18.2 Å². The number of hydrogen-bond donors (Lipinski definition) is 1. The number of aromatic amines is 1. The van der Waals surface area contributed by atoms with Crippen LogP contribution in [0, 0.1) is 10.1 Å². The van der Waals surface area contributed by atoms with E-state index in [2.05, 4.69) is 10.2 Å². The monoisotopic (exact) mass is 211 g/mol. The van der Waals surface area contributed by atoms with Gasteiger partial charge in [-0.25, -0.2) is 0 Å². The van der Waals surface area contributed by atoms with E-state index in [1.54, 1.807) is 6.07 Å². The number of aromatic nitrogens is 2. The zero-order valence-electron chi connectivity index (χ0n) is 7.03. The van der Waals surface area contributed by atoms with Gasteiger partial charge in [0.2, 0.25) is 0 Å². The van der Waals surface area contributed by atoms with Crippen LogP contribution in [0.25, 0.3) is 10.9 Å². The van der Waals surface area contributed by atoms with Gasteiger partial charge in [-0.15, -0.1) is 11.6 Å².